The van der Waals surface area contributed by atoms with Gasteiger partial charge in [-0.05, 0) is 50.7 Å². The number of piperidine rings is 1. The number of nitrogens with zero attached hydrogens (tertiary/aromatic N) is 1. The van der Waals surface area contributed by atoms with Crippen LogP contribution in [0.15, 0.2) is 0 Å². The van der Waals surface area contributed by atoms with Crippen LogP contribution in [0.1, 0.15) is 26.2 Å². The van der Waals surface area contributed by atoms with E-state index in [4.69, 9.17) is 10.5 Å². The first kappa shape index (κ1) is 12.9. The van der Waals surface area contributed by atoms with Crippen molar-refractivity contribution >= 4 is 0 Å². The maximum absolute atomic E-state index is 5.79. The topological polar surface area (TPSA) is 38.5 Å². The van der Waals surface area contributed by atoms with Crippen LogP contribution in [0.3, 0.4) is 0 Å². The van der Waals surface area contributed by atoms with Crippen molar-refractivity contribution in [3.05, 3.63) is 0 Å². The number of hydrogen-bond acceptors (Lipinski definition) is 3. The molecular formula is C12H26N2O. The van der Waals surface area contributed by atoms with Gasteiger partial charge in [0.2, 0.25) is 0 Å². The summed E-state index contributed by atoms with van der Waals surface area (Å²) < 4.78 is 5.05. The Kier molecular flexibility index (Phi) is 6.22. The highest BCUT2D eigenvalue weighted by atomic mass is 16.5. The summed E-state index contributed by atoms with van der Waals surface area (Å²) in [4.78, 5) is 2.56. The fraction of sp³-hybridized carbons (Fsp3) is 1.00. The highest BCUT2D eigenvalue weighted by Crippen LogP contribution is 2.22. The molecule has 0 spiro atoms. The lowest BCUT2D eigenvalue weighted by atomic mass is 9.87. The number of unbranched alkanes of at least 4 members (excludes halogenated alkanes) is 1. The van der Waals surface area contributed by atoms with Crippen molar-refractivity contribution in [2.24, 2.45) is 17.6 Å². The molecule has 0 bridgehead atoms. The summed E-state index contributed by atoms with van der Waals surface area (Å²) in [6.45, 7) is 7.74. The number of ether oxygens (including phenoxy) is 1. The summed E-state index contributed by atoms with van der Waals surface area (Å²) in [5.41, 5.74) is 5.79. The zero-order valence-electron chi connectivity index (χ0n) is 10.2. The molecule has 90 valence electrons. The lowest BCUT2D eigenvalue weighted by Crippen LogP contribution is -2.42. The Labute approximate surface area is 94.0 Å². The van der Waals surface area contributed by atoms with Crippen LogP contribution in [0.5, 0.6) is 0 Å². The standard InChI is InChI=1S/C12H26N2O/c1-11-5-7-14(10-12(11)9-13)6-3-4-8-15-2/h11-12H,3-10,13H2,1-2H3. The third-order valence-electron chi connectivity index (χ3n) is 3.57. The van der Waals surface area contributed by atoms with E-state index in [9.17, 15) is 0 Å². The van der Waals surface area contributed by atoms with Crippen molar-refractivity contribution in [1.82, 2.24) is 4.90 Å². The number of nitrogens with two attached hydrogens (primary N) is 1. The number of rotatable bonds is 6. The molecule has 1 aliphatic heterocycles. The second-order valence-electron chi connectivity index (χ2n) is 4.76. The second kappa shape index (κ2) is 7.20. The van der Waals surface area contributed by atoms with E-state index >= 15 is 0 Å². The van der Waals surface area contributed by atoms with Crippen LogP contribution < -0.4 is 5.73 Å². The first-order valence-corrected chi connectivity index (χ1v) is 6.19. The Hall–Kier alpha value is -0.120. The van der Waals surface area contributed by atoms with Gasteiger partial charge in [-0.25, -0.2) is 0 Å². The van der Waals surface area contributed by atoms with Crippen LogP contribution in [0, 0.1) is 11.8 Å². The Morgan fingerprint density at radius 2 is 2.20 bits per heavy atom. The maximum Gasteiger partial charge on any atom is 0.0462 e. The highest BCUT2D eigenvalue weighted by molar-refractivity contribution is 4.78. The molecule has 2 unspecified atom stereocenters. The van der Waals surface area contributed by atoms with Crippen molar-refractivity contribution < 1.29 is 4.74 Å². The predicted octanol–water partition coefficient (Wildman–Crippen LogP) is 1.33. The molecule has 15 heavy (non-hydrogen) atoms. The van der Waals surface area contributed by atoms with Crippen LogP contribution in [-0.4, -0.2) is 44.8 Å². The van der Waals surface area contributed by atoms with Gasteiger partial charge in [0.1, 0.15) is 0 Å². The van der Waals surface area contributed by atoms with E-state index in [1.807, 2.05) is 0 Å². The molecule has 2 N–H and O–H groups in total. The summed E-state index contributed by atoms with van der Waals surface area (Å²) in [5, 5.41) is 0. The van der Waals surface area contributed by atoms with Crippen LogP contribution in [0.2, 0.25) is 0 Å². The molecule has 1 fully saturated rings. The molecule has 1 heterocycles. The predicted molar refractivity (Wildman–Crippen MR) is 63.9 cm³/mol. The molecule has 2 atom stereocenters. The molecule has 0 aromatic heterocycles. The first-order chi connectivity index (χ1) is 7.27. The van der Waals surface area contributed by atoms with Gasteiger partial charge >= 0.3 is 0 Å². The molecule has 1 saturated heterocycles. The van der Waals surface area contributed by atoms with Gasteiger partial charge in [-0.3, -0.25) is 0 Å². The van der Waals surface area contributed by atoms with Gasteiger partial charge in [0.15, 0.2) is 0 Å². The molecule has 0 amide bonds. The minimum Gasteiger partial charge on any atom is -0.385 e. The molecule has 1 aliphatic rings. The normalized spacial score (nSPS) is 28.2. The quantitative estimate of drug-likeness (QED) is 0.678. The number of likely N-dealkylation sites (tertiary alicyclic amines) is 1. The van der Waals surface area contributed by atoms with Crippen molar-refractivity contribution in [2.45, 2.75) is 26.2 Å². The molecule has 0 aromatic carbocycles. The lowest BCUT2D eigenvalue weighted by Gasteiger charge is -2.36. The van der Waals surface area contributed by atoms with Crippen molar-refractivity contribution in [3.63, 3.8) is 0 Å². The minimum absolute atomic E-state index is 0.709. The van der Waals surface area contributed by atoms with Gasteiger partial charge in [-0.15, -0.1) is 0 Å². The monoisotopic (exact) mass is 214 g/mol. The van der Waals surface area contributed by atoms with Crippen molar-refractivity contribution in [2.75, 3.05) is 39.9 Å². The van der Waals surface area contributed by atoms with Crippen LogP contribution in [0.4, 0.5) is 0 Å². The maximum atomic E-state index is 5.79. The van der Waals surface area contributed by atoms with E-state index in [1.165, 1.54) is 38.9 Å². The number of hydrogen-bond donors (Lipinski definition) is 1. The fourth-order valence-corrected chi connectivity index (χ4v) is 2.32. The van der Waals surface area contributed by atoms with E-state index in [2.05, 4.69) is 11.8 Å². The zero-order chi connectivity index (χ0) is 11.1. The van der Waals surface area contributed by atoms with E-state index < -0.39 is 0 Å². The van der Waals surface area contributed by atoms with Crippen molar-refractivity contribution in [1.29, 1.82) is 0 Å². The third kappa shape index (κ3) is 4.49. The molecular weight excluding hydrogens is 188 g/mol. The first-order valence-electron chi connectivity index (χ1n) is 6.19. The van der Waals surface area contributed by atoms with Gasteiger partial charge in [0.25, 0.3) is 0 Å². The molecule has 3 heteroatoms. The SMILES string of the molecule is COCCCCN1CCC(C)C(CN)C1. The van der Waals surface area contributed by atoms with Gasteiger partial charge < -0.3 is 15.4 Å². The van der Waals surface area contributed by atoms with Crippen molar-refractivity contribution in [3.8, 4) is 0 Å². The Morgan fingerprint density at radius 1 is 1.40 bits per heavy atom. The van der Waals surface area contributed by atoms with Crippen LogP contribution >= 0.6 is 0 Å². The Morgan fingerprint density at radius 3 is 2.87 bits per heavy atom. The largest absolute Gasteiger partial charge is 0.385 e. The van der Waals surface area contributed by atoms with Gasteiger partial charge in [0.05, 0.1) is 0 Å². The lowest BCUT2D eigenvalue weighted by molar-refractivity contribution is 0.124. The average molecular weight is 214 g/mol. The van der Waals surface area contributed by atoms with Gasteiger partial charge in [-0.2, -0.15) is 0 Å². The molecule has 0 aliphatic carbocycles. The van der Waals surface area contributed by atoms with E-state index in [1.54, 1.807) is 7.11 Å². The van der Waals surface area contributed by atoms with E-state index in [0.29, 0.717) is 5.92 Å². The number of methoxy groups -OCH3 is 1. The summed E-state index contributed by atoms with van der Waals surface area (Å²) in [6, 6.07) is 0. The highest BCUT2D eigenvalue weighted by Gasteiger charge is 2.24. The Bertz CT molecular complexity index is 164. The third-order valence-corrected chi connectivity index (χ3v) is 3.57. The second-order valence-corrected chi connectivity index (χ2v) is 4.76. The van der Waals surface area contributed by atoms with Crippen LogP contribution in [-0.2, 0) is 4.74 Å². The molecule has 0 radical (unpaired) electrons. The summed E-state index contributed by atoms with van der Waals surface area (Å²) in [5.74, 6) is 1.52. The summed E-state index contributed by atoms with van der Waals surface area (Å²) >= 11 is 0. The van der Waals surface area contributed by atoms with Crippen LogP contribution in [0.25, 0.3) is 0 Å². The van der Waals surface area contributed by atoms with Gasteiger partial charge in [0, 0.05) is 20.3 Å². The van der Waals surface area contributed by atoms with E-state index in [-0.39, 0.29) is 0 Å². The zero-order valence-corrected chi connectivity index (χ0v) is 10.2. The molecule has 3 nitrogen and oxygen atoms in total. The smallest absolute Gasteiger partial charge is 0.0462 e. The average Bonchev–Trinajstić information content (AvgIpc) is 2.26. The molecule has 1 rings (SSSR count). The summed E-state index contributed by atoms with van der Waals surface area (Å²) in [6.07, 6.45) is 3.74. The van der Waals surface area contributed by atoms with Gasteiger partial charge in [-0.1, -0.05) is 6.92 Å². The van der Waals surface area contributed by atoms with E-state index in [0.717, 1.165) is 19.1 Å². The molecule has 0 aromatic rings. The Balaban J connectivity index is 2.14. The minimum atomic E-state index is 0.709. The summed E-state index contributed by atoms with van der Waals surface area (Å²) in [7, 11) is 1.77. The molecule has 0 saturated carbocycles. The fourth-order valence-electron chi connectivity index (χ4n) is 2.32.